The molecule has 2 fully saturated rings. The molecular formula is C25H24F3N5O. The second kappa shape index (κ2) is 8.70. The van der Waals surface area contributed by atoms with Crippen molar-refractivity contribution in [2.45, 2.75) is 44.4 Å². The molecule has 176 valence electrons. The lowest BCUT2D eigenvalue weighted by molar-refractivity contribution is -0.137. The number of pyridine rings is 1. The molecule has 9 heteroatoms. The molecule has 0 spiro atoms. The summed E-state index contributed by atoms with van der Waals surface area (Å²) in [6.07, 6.45) is 2.53. The summed E-state index contributed by atoms with van der Waals surface area (Å²) in [5, 5.41) is 3.13. The van der Waals surface area contributed by atoms with E-state index in [9.17, 15) is 18.0 Å². The number of hydrogen-bond donors (Lipinski definition) is 1. The van der Waals surface area contributed by atoms with Gasteiger partial charge in [-0.1, -0.05) is 17.7 Å². The summed E-state index contributed by atoms with van der Waals surface area (Å²) in [6.45, 7) is 2.36. The number of anilines is 1. The number of likely N-dealkylation sites (tertiary alicyclic amines) is 1. The Morgan fingerprint density at radius 1 is 1.12 bits per heavy atom. The zero-order chi connectivity index (χ0) is 23.9. The van der Waals surface area contributed by atoms with Gasteiger partial charge in [0.2, 0.25) is 0 Å². The Labute approximate surface area is 195 Å². The maximum atomic E-state index is 13.9. The van der Waals surface area contributed by atoms with Gasteiger partial charge in [-0.25, -0.2) is 15.0 Å². The Balaban J connectivity index is 1.38. The van der Waals surface area contributed by atoms with Crippen LogP contribution in [0.1, 0.15) is 40.7 Å². The van der Waals surface area contributed by atoms with Gasteiger partial charge in [0.05, 0.1) is 11.1 Å². The van der Waals surface area contributed by atoms with Gasteiger partial charge in [0, 0.05) is 42.8 Å². The van der Waals surface area contributed by atoms with Crippen molar-refractivity contribution in [3.8, 4) is 11.4 Å². The van der Waals surface area contributed by atoms with Gasteiger partial charge in [0.1, 0.15) is 5.82 Å². The monoisotopic (exact) mass is 467 g/mol. The van der Waals surface area contributed by atoms with Crippen LogP contribution in [0.3, 0.4) is 0 Å². The number of fused-ring (bicyclic) bond motifs is 1. The van der Waals surface area contributed by atoms with Gasteiger partial charge >= 0.3 is 6.18 Å². The number of hydrogen-bond acceptors (Lipinski definition) is 5. The molecule has 0 unspecified atom stereocenters. The van der Waals surface area contributed by atoms with Crippen molar-refractivity contribution >= 4 is 11.7 Å². The van der Waals surface area contributed by atoms with Crippen LogP contribution in [-0.4, -0.2) is 44.4 Å². The molecule has 1 aliphatic carbocycles. The van der Waals surface area contributed by atoms with Crippen molar-refractivity contribution in [1.29, 1.82) is 0 Å². The lowest BCUT2D eigenvalue weighted by Gasteiger charge is -2.36. The zero-order valence-electron chi connectivity index (χ0n) is 18.6. The van der Waals surface area contributed by atoms with Crippen LogP contribution in [0.2, 0.25) is 0 Å². The molecule has 34 heavy (non-hydrogen) atoms. The van der Waals surface area contributed by atoms with Crippen LogP contribution in [0.15, 0.2) is 55.0 Å². The quantitative estimate of drug-likeness (QED) is 0.574. The number of nitrogens with one attached hydrogen (secondary N) is 1. The number of carbonyl (C=O) groups excluding carboxylic acids is 1. The third-order valence-corrected chi connectivity index (χ3v) is 6.56. The summed E-state index contributed by atoms with van der Waals surface area (Å²) in [4.78, 5) is 28.4. The molecule has 1 N–H and O–H groups in total. The molecule has 1 saturated carbocycles. The standard InChI is InChI=1S/C25H24F3N5O/c1-15-3-7-19(23-29-9-2-10-30-23)20(11-15)24(34)33-18(6-4-16-12-21(16)33)14-32-22-8-5-17(13-31-22)25(26,27)28/h2-3,5,7-11,13,16,18,21H,4,6,12,14H2,1H3,(H,31,32)/t16-,18-,21+/m0/s1. The minimum Gasteiger partial charge on any atom is -0.368 e. The zero-order valence-corrected chi connectivity index (χ0v) is 18.6. The van der Waals surface area contributed by atoms with Crippen molar-refractivity contribution in [2.75, 3.05) is 11.9 Å². The second-order valence-electron chi connectivity index (χ2n) is 8.94. The van der Waals surface area contributed by atoms with Crippen molar-refractivity contribution in [3.63, 3.8) is 0 Å². The number of amides is 1. The summed E-state index contributed by atoms with van der Waals surface area (Å²) in [5.41, 5.74) is 1.44. The average molecular weight is 467 g/mol. The van der Waals surface area contributed by atoms with Gasteiger partial charge in [-0.2, -0.15) is 13.2 Å². The van der Waals surface area contributed by atoms with E-state index in [0.717, 1.165) is 37.1 Å². The summed E-state index contributed by atoms with van der Waals surface area (Å²) in [6, 6.07) is 9.85. The summed E-state index contributed by atoms with van der Waals surface area (Å²) < 4.78 is 38.4. The first kappa shape index (κ1) is 22.3. The molecule has 0 bridgehead atoms. The van der Waals surface area contributed by atoms with Gasteiger partial charge in [-0.05, 0) is 56.4 Å². The first-order valence-electron chi connectivity index (χ1n) is 11.3. The number of carbonyl (C=O) groups is 1. The van der Waals surface area contributed by atoms with E-state index in [1.807, 2.05) is 30.0 Å². The van der Waals surface area contributed by atoms with Crippen molar-refractivity contribution < 1.29 is 18.0 Å². The molecule has 1 aliphatic heterocycles. The lowest BCUT2D eigenvalue weighted by atomic mass is 9.97. The molecule has 3 atom stereocenters. The molecule has 0 radical (unpaired) electrons. The Hall–Kier alpha value is -3.49. The second-order valence-corrected chi connectivity index (χ2v) is 8.94. The molecule has 3 aromatic rings. The van der Waals surface area contributed by atoms with Gasteiger partial charge in [-0.15, -0.1) is 0 Å². The average Bonchev–Trinajstić information content (AvgIpc) is 3.62. The first-order chi connectivity index (χ1) is 16.3. The third kappa shape index (κ3) is 4.47. The number of halogens is 3. The van der Waals surface area contributed by atoms with E-state index in [4.69, 9.17) is 0 Å². The maximum absolute atomic E-state index is 13.9. The van der Waals surface area contributed by atoms with E-state index in [2.05, 4.69) is 20.3 Å². The van der Waals surface area contributed by atoms with Crippen LogP contribution in [0.4, 0.5) is 19.0 Å². The predicted molar refractivity (Wildman–Crippen MR) is 121 cm³/mol. The van der Waals surface area contributed by atoms with Crippen molar-refractivity contribution in [3.05, 3.63) is 71.7 Å². The van der Waals surface area contributed by atoms with Crippen LogP contribution in [0.5, 0.6) is 0 Å². The fourth-order valence-electron chi connectivity index (χ4n) is 4.71. The van der Waals surface area contributed by atoms with Crippen molar-refractivity contribution in [1.82, 2.24) is 19.9 Å². The first-order valence-corrected chi connectivity index (χ1v) is 11.3. The van der Waals surface area contributed by atoms with E-state index in [0.29, 0.717) is 35.2 Å². The predicted octanol–water partition coefficient (Wildman–Crippen LogP) is 4.97. The van der Waals surface area contributed by atoms with E-state index >= 15 is 0 Å². The molecule has 1 amide bonds. The largest absolute Gasteiger partial charge is 0.417 e. The fraction of sp³-hybridized carbons (Fsp3) is 0.360. The number of aromatic nitrogens is 3. The number of benzene rings is 1. The lowest BCUT2D eigenvalue weighted by Crippen LogP contribution is -2.48. The minimum atomic E-state index is -4.42. The smallest absolute Gasteiger partial charge is 0.368 e. The molecule has 3 heterocycles. The summed E-state index contributed by atoms with van der Waals surface area (Å²) >= 11 is 0. The minimum absolute atomic E-state index is 0.0643. The van der Waals surface area contributed by atoms with Gasteiger partial charge in [-0.3, -0.25) is 4.79 Å². The number of nitrogens with zero attached hydrogens (tertiary/aromatic N) is 4. The number of piperidine rings is 1. The Kier molecular flexibility index (Phi) is 5.71. The molecule has 5 rings (SSSR count). The van der Waals surface area contributed by atoms with Crippen LogP contribution < -0.4 is 5.32 Å². The highest BCUT2D eigenvalue weighted by molar-refractivity contribution is 6.01. The Morgan fingerprint density at radius 2 is 1.91 bits per heavy atom. The van der Waals surface area contributed by atoms with Gasteiger partial charge in [0.15, 0.2) is 5.82 Å². The van der Waals surface area contributed by atoms with E-state index in [1.54, 1.807) is 18.5 Å². The van der Waals surface area contributed by atoms with E-state index in [1.165, 1.54) is 6.07 Å². The summed E-state index contributed by atoms with van der Waals surface area (Å²) in [5.74, 6) is 1.29. The fourth-order valence-corrected chi connectivity index (χ4v) is 4.71. The number of alkyl halides is 3. The molecule has 2 aromatic heterocycles. The van der Waals surface area contributed by atoms with E-state index < -0.39 is 11.7 Å². The summed E-state index contributed by atoms with van der Waals surface area (Å²) in [7, 11) is 0. The normalized spacial score (nSPS) is 21.6. The number of rotatable bonds is 5. The van der Waals surface area contributed by atoms with Crippen LogP contribution in [0.25, 0.3) is 11.4 Å². The molecule has 1 aromatic carbocycles. The number of aryl methyl sites for hydroxylation is 1. The highest BCUT2D eigenvalue weighted by atomic mass is 19.4. The molecular weight excluding hydrogens is 443 g/mol. The molecule has 6 nitrogen and oxygen atoms in total. The highest BCUT2D eigenvalue weighted by Crippen LogP contribution is 2.46. The van der Waals surface area contributed by atoms with Gasteiger partial charge < -0.3 is 10.2 Å². The Bertz CT molecular complexity index is 1180. The van der Waals surface area contributed by atoms with Crippen LogP contribution in [0, 0.1) is 12.8 Å². The Morgan fingerprint density at radius 3 is 2.62 bits per heavy atom. The maximum Gasteiger partial charge on any atom is 0.417 e. The molecule has 1 saturated heterocycles. The molecule has 2 aliphatic rings. The van der Waals surface area contributed by atoms with E-state index in [-0.39, 0.29) is 18.0 Å². The van der Waals surface area contributed by atoms with Crippen LogP contribution in [-0.2, 0) is 6.18 Å². The van der Waals surface area contributed by atoms with Crippen LogP contribution >= 0.6 is 0 Å². The SMILES string of the molecule is Cc1ccc(-c2ncccn2)c(C(=O)N2[C@H](CNc3ccc(C(F)(F)F)cn3)CC[C@H]3C[C@H]32)c1. The van der Waals surface area contributed by atoms with Crippen molar-refractivity contribution in [2.24, 2.45) is 5.92 Å². The third-order valence-electron chi connectivity index (χ3n) is 6.56. The topological polar surface area (TPSA) is 71.0 Å². The highest BCUT2D eigenvalue weighted by Gasteiger charge is 2.50. The van der Waals surface area contributed by atoms with Gasteiger partial charge in [0.25, 0.3) is 5.91 Å².